The Kier molecular flexibility index (Phi) is 4.26. The number of fused-ring (bicyclic) bond motifs is 4. The van der Waals surface area contributed by atoms with Crippen molar-refractivity contribution in [1.29, 1.82) is 0 Å². The van der Waals surface area contributed by atoms with Crippen LogP contribution < -0.4 is 5.32 Å². The summed E-state index contributed by atoms with van der Waals surface area (Å²) >= 11 is 1.78. The maximum Gasteiger partial charge on any atom is 0.225 e. The predicted molar refractivity (Wildman–Crippen MR) is 118 cm³/mol. The van der Waals surface area contributed by atoms with Gasteiger partial charge in [0.25, 0.3) is 0 Å². The summed E-state index contributed by atoms with van der Waals surface area (Å²) in [5, 5.41) is 4.32. The Bertz CT molecular complexity index is 1050. The van der Waals surface area contributed by atoms with Crippen molar-refractivity contribution in [2.24, 2.45) is 17.8 Å². The Balaban J connectivity index is 1.32. The SMILES string of the molecule is O=C(CC1CC2CCC1C2)Nc1sc2c(c1-c1nc3ccccc3[nH]1)CCCC2. The minimum Gasteiger partial charge on any atom is -0.338 e. The monoisotopic (exact) mass is 405 g/mol. The lowest BCUT2D eigenvalue weighted by atomic mass is 9.86. The molecule has 0 radical (unpaired) electrons. The van der Waals surface area contributed by atoms with Crippen molar-refractivity contribution in [3.8, 4) is 11.4 Å². The molecule has 6 rings (SSSR count). The van der Waals surface area contributed by atoms with E-state index in [4.69, 9.17) is 4.98 Å². The summed E-state index contributed by atoms with van der Waals surface area (Å²) in [7, 11) is 0. The molecule has 0 saturated heterocycles. The smallest absolute Gasteiger partial charge is 0.225 e. The number of hydrogen-bond donors (Lipinski definition) is 2. The van der Waals surface area contributed by atoms with Gasteiger partial charge in [-0.3, -0.25) is 4.79 Å². The van der Waals surface area contributed by atoms with E-state index in [1.165, 1.54) is 49.0 Å². The van der Waals surface area contributed by atoms with E-state index >= 15 is 0 Å². The van der Waals surface area contributed by atoms with Crippen LogP contribution in [-0.2, 0) is 17.6 Å². The number of para-hydroxylation sites is 2. The van der Waals surface area contributed by atoms with E-state index in [0.717, 1.165) is 52.1 Å². The van der Waals surface area contributed by atoms with Crippen LogP contribution in [0.4, 0.5) is 5.00 Å². The molecule has 0 spiro atoms. The molecule has 0 aliphatic heterocycles. The molecule has 2 saturated carbocycles. The molecule has 3 aliphatic rings. The summed E-state index contributed by atoms with van der Waals surface area (Å²) in [6.07, 6.45) is 10.7. The third kappa shape index (κ3) is 3.10. The molecule has 29 heavy (non-hydrogen) atoms. The molecule has 2 N–H and O–H groups in total. The highest BCUT2D eigenvalue weighted by atomic mass is 32.1. The third-order valence-corrected chi connectivity index (χ3v) is 8.59. The first-order valence-corrected chi connectivity index (χ1v) is 12.0. The zero-order valence-corrected chi connectivity index (χ0v) is 17.5. The topological polar surface area (TPSA) is 57.8 Å². The Morgan fingerprint density at radius 3 is 2.90 bits per heavy atom. The van der Waals surface area contributed by atoms with Gasteiger partial charge in [0.1, 0.15) is 10.8 Å². The summed E-state index contributed by atoms with van der Waals surface area (Å²) in [5.41, 5.74) is 4.58. The molecule has 2 bridgehead atoms. The van der Waals surface area contributed by atoms with Gasteiger partial charge in [0.05, 0.1) is 16.6 Å². The van der Waals surface area contributed by atoms with E-state index in [2.05, 4.69) is 16.4 Å². The molecule has 1 amide bonds. The number of hydrogen-bond acceptors (Lipinski definition) is 3. The standard InChI is InChI=1S/C24H27N3OS/c28-21(13-16-12-14-9-10-15(16)11-14)27-24-22(17-5-1-4-8-20(17)29-24)23-25-18-6-2-3-7-19(18)26-23/h2-3,6-7,14-16H,1,4-5,8-13H2,(H,25,26)(H,27,28). The van der Waals surface area contributed by atoms with Crippen LogP contribution in [0.1, 0.15) is 55.4 Å². The number of anilines is 1. The largest absolute Gasteiger partial charge is 0.338 e. The first-order valence-electron chi connectivity index (χ1n) is 11.1. The van der Waals surface area contributed by atoms with Gasteiger partial charge in [-0.1, -0.05) is 18.6 Å². The van der Waals surface area contributed by atoms with Gasteiger partial charge in [0, 0.05) is 11.3 Å². The molecule has 3 aliphatic carbocycles. The van der Waals surface area contributed by atoms with Crippen LogP contribution in [0.2, 0.25) is 0 Å². The number of thiophene rings is 1. The maximum atomic E-state index is 13.0. The zero-order valence-electron chi connectivity index (χ0n) is 16.7. The van der Waals surface area contributed by atoms with Crippen LogP contribution in [-0.4, -0.2) is 15.9 Å². The van der Waals surface area contributed by atoms with Crippen molar-refractivity contribution in [3.63, 3.8) is 0 Å². The molecule has 2 fully saturated rings. The number of aryl methyl sites for hydroxylation is 1. The molecule has 5 heteroatoms. The highest BCUT2D eigenvalue weighted by Gasteiger charge is 2.40. The van der Waals surface area contributed by atoms with Gasteiger partial charge in [-0.25, -0.2) is 4.98 Å². The minimum atomic E-state index is 0.193. The van der Waals surface area contributed by atoms with Crippen molar-refractivity contribution in [2.45, 2.75) is 57.8 Å². The quantitative estimate of drug-likeness (QED) is 0.565. The minimum absolute atomic E-state index is 0.193. The van der Waals surface area contributed by atoms with Gasteiger partial charge in [-0.2, -0.15) is 0 Å². The summed E-state index contributed by atoms with van der Waals surface area (Å²) in [6.45, 7) is 0. The van der Waals surface area contributed by atoms with Crippen LogP contribution in [0.15, 0.2) is 24.3 Å². The Morgan fingerprint density at radius 1 is 1.17 bits per heavy atom. The van der Waals surface area contributed by atoms with E-state index in [1.54, 1.807) is 11.3 Å². The molecule has 2 heterocycles. The average Bonchev–Trinajstić information content (AvgIpc) is 3.49. The Hall–Kier alpha value is -2.14. The zero-order chi connectivity index (χ0) is 19.4. The molecule has 3 unspecified atom stereocenters. The van der Waals surface area contributed by atoms with Crippen LogP contribution in [0, 0.1) is 17.8 Å². The molecule has 3 aromatic rings. The second-order valence-corrected chi connectivity index (χ2v) is 10.3. The number of carbonyl (C=O) groups excluding carboxylic acids is 1. The van der Waals surface area contributed by atoms with E-state index in [-0.39, 0.29) is 5.91 Å². The average molecular weight is 406 g/mol. The molecule has 1 aromatic carbocycles. The number of benzene rings is 1. The number of nitrogens with one attached hydrogen (secondary N) is 2. The maximum absolute atomic E-state index is 13.0. The van der Waals surface area contributed by atoms with Crippen molar-refractivity contribution in [1.82, 2.24) is 9.97 Å². The molecular formula is C24H27N3OS. The number of carbonyl (C=O) groups is 1. The third-order valence-electron chi connectivity index (χ3n) is 7.38. The van der Waals surface area contributed by atoms with Crippen molar-refractivity contribution in [3.05, 3.63) is 34.7 Å². The fourth-order valence-electron chi connectivity index (χ4n) is 6.02. The van der Waals surface area contributed by atoms with Crippen molar-refractivity contribution in [2.75, 3.05) is 5.32 Å². The van der Waals surface area contributed by atoms with Gasteiger partial charge in [-0.05, 0) is 80.4 Å². The van der Waals surface area contributed by atoms with E-state index in [1.807, 2.05) is 18.2 Å². The number of H-pyrrole nitrogens is 1. The number of aromatic nitrogens is 2. The predicted octanol–water partition coefficient (Wildman–Crippen LogP) is 5.94. The van der Waals surface area contributed by atoms with Gasteiger partial charge >= 0.3 is 0 Å². The van der Waals surface area contributed by atoms with E-state index < -0.39 is 0 Å². The molecule has 2 aromatic heterocycles. The number of imidazole rings is 1. The number of amides is 1. The van der Waals surface area contributed by atoms with Crippen LogP contribution in [0.5, 0.6) is 0 Å². The molecule has 4 nitrogen and oxygen atoms in total. The lowest BCUT2D eigenvalue weighted by molar-refractivity contribution is -0.117. The van der Waals surface area contributed by atoms with E-state index in [0.29, 0.717) is 12.3 Å². The molecular weight excluding hydrogens is 378 g/mol. The fourth-order valence-corrected chi connectivity index (χ4v) is 7.32. The number of rotatable bonds is 4. The highest BCUT2D eigenvalue weighted by molar-refractivity contribution is 7.17. The second-order valence-electron chi connectivity index (χ2n) is 9.20. The number of aromatic amines is 1. The van der Waals surface area contributed by atoms with Crippen LogP contribution in [0.3, 0.4) is 0 Å². The van der Waals surface area contributed by atoms with Gasteiger partial charge < -0.3 is 10.3 Å². The van der Waals surface area contributed by atoms with Gasteiger partial charge in [0.15, 0.2) is 0 Å². The Labute approximate surface area is 175 Å². The van der Waals surface area contributed by atoms with Crippen LogP contribution in [0.25, 0.3) is 22.4 Å². The summed E-state index contributed by atoms with van der Waals surface area (Å²) < 4.78 is 0. The first-order chi connectivity index (χ1) is 14.2. The van der Waals surface area contributed by atoms with Gasteiger partial charge in [-0.15, -0.1) is 11.3 Å². The molecule has 3 atom stereocenters. The Morgan fingerprint density at radius 2 is 2.07 bits per heavy atom. The summed E-state index contributed by atoms with van der Waals surface area (Å²) in [5.74, 6) is 3.37. The lowest BCUT2D eigenvalue weighted by Gasteiger charge is -2.20. The van der Waals surface area contributed by atoms with Gasteiger partial charge in [0.2, 0.25) is 5.91 Å². The summed E-state index contributed by atoms with van der Waals surface area (Å²) in [4.78, 5) is 22.8. The van der Waals surface area contributed by atoms with Crippen molar-refractivity contribution >= 4 is 33.3 Å². The molecule has 150 valence electrons. The second kappa shape index (κ2) is 6.98. The number of nitrogens with zero attached hydrogens (tertiary/aromatic N) is 1. The highest BCUT2D eigenvalue weighted by Crippen LogP contribution is 2.50. The van der Waals surface area contributed by atoms with E-state index in [9.17, 15) is 4.79 Å². The van der Waals surface area contributed by atoms with Crippen molar-refractivity contribution < 1.29 is 4.79 Å². The lowest BCUT2D eigenvalue weighted by Crippen LogP contribution is -2.20. The van der Waals surface area contributed by atoms with Crippen LogP contribution >= 0.6 is 11.3 Å². The summed E-state index contributed by atoms with van der Waals surface area (Å²) in [6, 6.07) is 8.17. The first kappa shape index (κ1) is 17.7. The fraction of sp³-hybridized carbons (Fsp3) is 0.500. The normalized spacial score (nSPS) is 25.4.